The Morgan fingerprint density at radius 2 is 0.512 bits per heavy atom. The topological polar surface area (TPSA) is 211 Å². The van der Waals surface area contributed by atoms with Crippen LogP contribution in [0.25, 0.3) is 20.1 Å². The second-order valence-corrected chi connectivity index (χ2v) is 19.8. The van der Waals surface area contributed by atoms with Gasteiger partial charge in [0.2, 0.25) is 0 Å². The maximum Gasteiger partial charge on any atom is 0.123 e. The lowest BCUT2D eigenvalue weighted by Gasteiger charge is -2.15. The minimum Gasteiger partial charge on any atom is -0.491 e. The quantitative estimate of drug-likeness (QED) is 0.0366. The molecule has 0 saturated carbocycles. The smallest absolute Gasteiger partial charge is 0.123 e. The third-order valence-corrected chi connectivity index (χ3v) is 14.0. The van der Waals surface area contributed by atoms with Crippen molar-refractivity contribution in [1.29, 1.82) is 0 Å². The maximum absolute atomic E-state index is 6.36. The van der Waals surface area contributed by atoms with Crippen LogP contribution in [0.15, 0.2) is 84.9 Å². The maximum atomic E-state index is 6.36. The van der Waals surface area contributed by atoms with E-state index in [0.29, 0.717) is 182 Å². The van der Waals surface area contributed by atoms with E-state index in [9.17, 15) is 0 Å². The van der Waals surface area contributed by atoms with E-state index in [1.807, 2.05) is 36.4 Å². The second kappa shape index (κ2) is 37.1. The van der Waals surface area contributed by atoms with Crippen molar-refractivity contribution in [3.63, 3.8) is 0 Å². The van der Waals surface area contributed by atoms with E-state index in [1.165, 1.54) is 0 Å². The van der Waals surface area contributed by atoms with Crippen molar-refractivity contribution in [2.75, 3.05) is 187 Å². The third-order valence-electron chi connectivity index (χ3n) is 12.3. The number of aromatic nitrogens is 4. The van der Waals surface area contributed by atoms with Gasteiger partial charge in [-0.1, -0.05) is 0 Å². The predicted molar refractivity (Wildman–Crippen MR) is 317 cm³/mol. The van der Waals surface area contributed by atoms with Crippen molar-refractivity contribution in [2.45, 2.75) is 0 Å². The van der Waals surface area contributed by atoms with Gasteiger partial charge in [0.25, 0.3) is 0 Å². The zero-order valence-corrected chi connectivity index (χ0v) is 50.5. The van der Waals surface area contributed by atoms with Gasteiger partial charge in [-0.2, -0.15) is 0 Å². The highest BCUT2D eigenvalue weighted by molar-refractivity contribution is 9.15. The summed E-state index contributed by atoms with van der Waals surface area (Å²) in [7, 11) is 6.58. The fourth-order valence-corrected chi connectivity index (χ4v) is 9.30. The standard InChI is InChI=1S/C60H78Br2N4O16/c1-67-13-17-71-21-25-75-29-33-79-45-37-43(38-46(41-45)80-34-30-76-26-22-72-18-14-68-2)57-49-5-9-53(63-49)59(61)55-11-7-51(65-55)58(52-8-12-56(66-52)60(62)54-10-6-50(57)64-54)44-39-47(81-35-31-77-27-23-73-19-15-69-3)42-48(40-44)82-36-32-78-28-24-74-20-16-70-4/h5-12,37-42,63-66H,13-36H2,1-4H3. The molecule has 7 rings (SSSR count). The molecule has 22 heteroatoms. The first kappa shape index (κ1) is 64.3. The minimum atomic E-state index is 0.306. The Bertz CT molecular complexity index is 2770. The molecule has 8 bridgehead atoms. The SMILES string of the molecule is COCCOCCOCCOc1cc(OCCOCCOCCOC)cc(C2=c3ccc([nH]3)=C(Br)c3ccc([nH]3)C(c3cc(OCCOCCOCCOC)cc(OCCOCCOCCOC)c3)=c3ccc([nH]3)=C(Br)c3ccc2[nH]3)c1. The molecule has 0 spiro atoms. The van der Waals surface area contributed by atoms with Gasteiger partial charge in [-0.05, 0) is 116 Å². The van der Waals surface area contributed by atoms with E-state index in [2.05, 4.69) is 100 Å². The van der Waals surface area contributed by atoms with Gasteiger partial charge in [0.05, 0.1) is 163 Å². The first-order valence-corrected chi connectivity index (χ1v) is 28.9. The van der Waals surface area contributed by atoms with Crippen LogP contribution < -0.4 is 40.3 Å². The molecule has 0 saturated heterocycles. The van der Waals surface area contributed by atoms with Gasteiger partial charge in [0.15, 0.2) is 0 Å². The van der Waals surface area contributed by atoms with Gasteiger partial charge in [-0.15, -0.1) is 0 Å². The highest BCUT2D eigenvalue weighted by Crippen LogP contribution is 2.33. The molecule has 5 heterocycles. The van der Waals surface area contributed by atoms with Gasteiger partial charge >= 0.3 is 0 Å². The van der Waals surface area contributed by atoms with Crippen LogP contribution in [0.5, 0.6) is 23.0 Å². The first-order valence-electron chi connectivity index (χ1n) is 27.4. The number of hydrogen-bond donors (Lipinski definition) is 4. The van der Waals surface area contributed by atoms with Gasteiger partial charge in [0, 0.05) is 73.8 Å². The monoisotopic (exact) mass is 1270 g/mol. The van der Waals surface area contributed by atoms with Crippen molar-refractivity contribution in [1.82, 2.24) is 19.9 Å². The number of fused-ring (bicyclic) bond motifs is 8. The Kier molecular flexibility index (Phi) is 29.1. The van der Waals surface area contributed by atoms with Gasteiger partial charge < -0.3 is 95.7 Å². The molecule has 0 aliphatic carbocycles. The van der Waals surface area contributed by atoms with Crippen LogP contribution in [0.1, 0.15) is 33.9 Å². The molecule has 0 amide bonds. The number of halogens is 2. The molecule has 4 N–H and O–H groups in total. The molecule has 0 radical (unpaired) electrons. The van der Waals surface area contributed by atoms with Gasteiger partial charge in [-0.25, -0.2) is 0 Å². The molecule has 82 heavy (non-hydrogen) atoms. The summed E-state index contributed by atoms with van der Waals surface area (Å²) in [5, 5.41) is 3.36. The zero-order valence-electron chi connectivity index (χ0n) is 47.3. The normalized spacial score (nSPS) is 12.5. The number of ether oxygens (including phenoxy) is 16. The Balaban J connectivity index is 1.21. The summed E-state index contributed by atoms with van der Waals surface area (Å²) in [5.74, 6) is 2.42. The average Bonchev–Trinajstić information content (AvgIpc) is 4.15. The van der Waals surface area contributed by atoms with E-state index in [1.54, 1.807) is 28.4 Å². The molecule has 20 nitrogen and oxygen atoms in total. The van der Waals surface area contributed by atoms with Crippen LogP contribution in [0, 0.1) is 0 Å². The lowest BCUT2D eigenvalue weighted by atomic mass is 10.0. The predicted octanol–water partition coefficient (Wildman–Crippen LogP) is 5.14. The van der Waals surface area contributed by atoms with Crippen LogP contribution in [0.4, 0.5) is 0 Å². The van der Waals surface area contributed by atoms with Crippen LogP contribution in [-0.2, 0) is 56.8 Å². The van der Waals surface area contributed by atoms with Crippen molar-refractivity contribution in [3.05, 3.63) is 140 Å². The molecule has 0 unspecified atom stereocenters. The number of hydrogen-bond acceptors (Lipinski definition) is 16. The van der Waals surface area contributed by atoms with Crippen LogP contribution in [0.2, 0.25) is 0 Å². The van der Waals surface area contributed by atoms with E-state index in [-0.39, 0.29) is 0 Å². The minimum absolute atomic E-state index is 0.306. The van der Waals surface area contributed by atoms with Crippen molar-refractivity contribution in [3.8, 4) is 23.0 Å². The Morgan fingerprint density at radius 3 is 0.793 bits per heavy atom. The first-order chi connectivity index (χ1) is 40.4. The molecule has 4 aromatic heterocycles. The average molecular weight is 1270 g/mol. The third kappa shape index (κ3) is 21.1. The Labute approximate surface area is 495 Å². The van der Waals surface area contributed by atoms with Crippen molar-refractivity contribution < 1.29 is 75.8 Å². The highest BCUT2D eigenvalue weighted by Gasteiger charge is 2.19. The lowest BCUT2D eigenvalue weighted by molar-refractivity contribution is 0.0174. The summed E-state index contributed by atoms with van der Waals surface area (Å²) >= 11 is 7.96. The summed E-state index contributed by atoms with van der Waals surface area (Å²) in [6.45, 7) is 10.4. The summed E-state index contributed by atoms with van der Waals surface area (Å²) < 4.78 is 92.8. The molecular weight excluding hydrogens is 1190 g/mol. The van der Waals surface area contributed by atoms with E-state index in [0.717, 1.165) is 75.4 Å². The number of rotatable bonds is 42. The van der Waals surface area contributed by atoms with Crippen molar-refractivity contribution in [2.24, 2.45) is 0 Å². The Morgan fingerprint density at radius 1 is 0.268 bits per heavy atom. The lowest BCUT2D eigenvalue weighted by Crippen LogP contribution is -2.17. The fourth-order valence-electron chi connectivity index (χ4n) is 8.37. The molecule has 0 atom stereocenters. The fraction of sp³-hybridized carbons (Fsp3) is 0.467. The Hall–Kier alpha value is -5.28. The summed E-state index contributed by atoms with van der Waals surface area (Å²) in [6.07, 6.45) is 0. The summed E-state index contributed by atoms with van der Waals surface area (Å²) in [6, 6.07) is 28.3. The largest absolute Gasteiger partial charge is 0.491 e. The van der Waals surface area contributed by atoms with Gasteiger partial charge in [-0.3, -0.25) is 0 Å². The number of H-pyrrole nitrogens is 4. The molecular formula is C60H78Br2N4O16. The molecule has 2 aromatic carbocycles. The molecule has 1 aliphatic heterocycles. The second-order valence-electron chi connectivity index (χ2n) is 18.2. The van der Waals surface area contributed by atoms with Crippen LogP contribution >= 0.6 is 31.9 Å². The van der Waals surface area contributed by atoms with E-state index >= 15 is 0 Å². The molecule has 0 fully saturated rings. The molecule has 448 valence electrons. The van der Waals surface area contributed by atoms with Crippen LogP contribution in [0.3, 0.4) is 0 Å². The van der Waals surface area contributed by atoms with Crippen LogP contribution in [-0.4, -0.2) is 207 Å². The van der Waals surface area contributed by atoms with E-state index < -0.39 is 0 Å². The number of methoxy groups -OCH3 is 4. The highest BCUT2D eigenvalue weighted by atomic mass is 79.9. The molecule has 1 aliphatic rings. The number of benzene rings is 2. The molecule has 6 aromatic rings. The van der Waals surface area contributed by atoms with E-state index in [4.69, 9.17) is 75.8 Å². The summed E-state index contributed by atoms with van der Waals surface area (Å²) in [5.41, 5.74) is 6.79. The number of aromatic amines is 4. The zero-order chi connectivity index (χ0) is 57.4. The summed E-state index contributed by atoms with van der Waals surface area (Å²) in [4.78, 5) is 14.9. The van der Waals surface area contributed by atoms with Gasteiger partial charge in [0.1, 0.15) is 49.4 Å². The number of nitrogens with one attached hydrogen (secondary N) is 4. The van der Waals surface area contributed by atoms with Crippen molar-refractivity contribution >= 4 is 52.0 Å².